The van der Waals surface area contributed by atoms with Crippen LogP contribution in [0.15, 0.2) is 64.2 Å². The summed E-state index contributed by atoms with van der Waals surface area (Å²) in [4.78, 5) is 13.6. The molecule has 0 saturated heterocycles. The van der Waals surface area contributed by atoms with Crippen molar-refractivity contribution in [1.29, 1.82) is 0 Å². The molecule has 3 heterocycles. The molecule has 0 aliphatic heterocycles. The van der Waals surface area contributed by atoms with Crippen molar-refractivity contribution in [2.75, 3.05) is 12.0 Å². The predicted octanol–water partition coefficient (Wildman–Crippen LogP) is 5.91. The van der Waals surface area contributed by atoms with Gasteiger partial charge in [0.05, 0.1) is 15.6 Å². The highest BCUT2D eigenvalue weighted by Crippen LogP contribution is 2.38. The summed E-state index contributed by atoms with van der Waals surface area (Å²) in [5.74, 6) is 0.497. The summed E-state index contributed by atoms with van der Waals surface area (Å²) in [6.45, 7) is 2.12. The number of rotatable bonds is 5. The number of fused-ring (bicyclic) bond motifs is 1. The van der Waals surface area contributed by atoms with Crippen molar-refractivity contribution in [1.82, 2.24) is 15.0 Å². The molecule has 0 saturated carbocycles. The van der Waals surface area contributed by atoms with E-state index in [1.54, 1.807) is 40.9 Å². The number of pyridine rings is 1. The number of hydrogen-bond donors (Lipinski definition) is 1. The first-order valence-corrected chi connectivity index (χ1v) is 11.4. The zero-order valence-corrected chi connectivity index (χ0v) is 17.4. The number of nitrogens with two attached hydrogens (primary N) is 1. The van der Waals surface area contributed by atoms with Crippen LogP contribution in [0.3, 0.4) is 0 Å². The van der Waals surface area contributed by atoms with Crippen LogP contribution in [0.2, 0.25) is 0 Å². The molecule has 0 aliphatic rings. The third-order valence-electron chi connectivity index (χ3n) is 4.18. The van der Waals surface area contributed by atoms with Gasteiger partial charge in [0.15, 0.2) is 5.16 Å². The molecule has 136 valence electrons. The summed E-state index contributed by atoms with van der Waals surface area (Å²) in [7, 11) is 0. The minimum Gasteiger partial charge on any atom is -0.384 e. The highest BCUT2D eigenvalue weighted by atomic mass is 32.2. The van der Waals surface area contributed by atoms with Crippen LogP contribution < -0.4 is 5.73 Å². The lowest BCUT2D eigenvalue weighted by Gasteiger charge is -2.11. The number of nitrogen functional groups attached to an aromatic ring is 1. The van der Waals surface area contributed by atoms with E-state index in [0.29, 0.717) is 11.0 Å². The van der Waals surface area contributed by atoms with Gasteiger partial charge in [-0.1, -0.05) is 42.1 Å². The zero-order chi connectivity index (χ0) is 18.8. The SMILES string of the molecule is CSc1cc(N)nc(SC(C)c2cc3c(-c4ccccc4)csc3cn2)n1. The summed E-state index contributed by atoms with van der Waals surface area (Å²) < 4.78 is 1.19. The van der Waals surface area contributed by atoms with Gasteiger partial charge < -0.3 is 5.73 Å². The monoisotopic (exact) mass is 410 g/mol. The predicted molar refractivity (Wildman–Crippen MR) is 118 cm³/mol. The quantitative estimate of drug-likeness (QED) is 0.251. The second-order valence-electron chi connectivity index (χ2n) is 6.00. The topological polar surface area (TPSA) is 64.7 Å². The van der Waals surface area contributed by atoms with Crippen LogP contribution in [0.4, 0.5) is 5.82 Å². The molecule has 4 nitrogen and oxygen atoms in total. The van der Waals surface area contributed by atoms with E-state index in [0.717, 1.165) is 10.7 Å². The van der Waals surface area contributed by atoms with Crippen molar-refractivity contribution in [3.63, 3.8) is 0 Å². The van der Waals surface area contributed by atoms with Crippen LogP contribution >= 0.6 is 34.9 Å². The number of thioether (sulfide) groups is 2. The largest absolute Gasteiger partial charge is 0.384 e. The second-order valence-corrected chi connectivity index (χ2v) is 9.04. The Morgan fingerprint density at radius 2 is 1.93 bits per heavy atom. The molecule has 4 rings (SSSR count). The van der Waals surface area contributed by atoms with Gasteiger partial charge in [0.2, 0.25) is 0 Å². The van der Waals surface area contributed by atoms with Crippen molar-refractivity contribution in [2.24, 2.45) is 0 Å². The molecule has 1 unspecified atom stereocenters. The van der Waals surface area contributed by atoms with Gasteiger partial charge in [0.1, 0.15) is 10.8 Å². The zero-order valence-electron chi connectivity index (χ0n) is 14.9. The van der Waals surface area contributed by atoms with Gasteiger partial charge in [-0.2, -0.15) is 0 Å². The fourth-order valence-corrected chi connectivity index (χ4v) is 5.08. The van der Waals surface area contributed by atoms with Crippen molar-refractivity contribution in [3.05, 3.63) is 59.7 Å². The van der Waals surface area contributed by atoms with Gasteiger partial charge in [-0.25, -0.2) is 9.97 Å². The number of anilines is 1. The van der Waals surface area contributed by atoms with Gasteiger partial charge in [0.25, 0.3) is 0 Å². The van der Waals surface area contributed by atoms with E-state index in [4.69, 9.17) is 5.73 Å². The highest BCUT2D eigenvalue weighted by Gasteiger charge is 2.15. The van der Waals surface area contributed by atoms with Gasteiger partial charge >= 0.3 is 0 Å². The lowest BCUT2D eigenvalue weighted by atomic mass is 10.0. The van der Waals surface area contributed by atoms with Crippen molar-refractivity contribution in [2.45, 2.75) is 22.4 Å². The molecule has 3 aromatic heterocycles. The first-order chi connectivity index (χ1) is 13.1. The van der Waals surface area contributed by atoms with E-state index in [1.165, 1.54) is 21.2 Å². The maximum Gasteiger partial charge on any atom is 0.191 e. The Balaban J connectivity index is 1.66. The van der Waals surface area contributed by atoms with Crippen molar-refractivity contribution in [3.8, 4) is 11.1 Å². The Hall–Kier alpha value is -2.09. The molecule has 2 N–H and O–H groups in total. The fourth-order valence-electron chi connectivity index (χ4n) is 2.81. The van der Waals surface area contributed by atoms with Gasteiger partial charge in [-0.3, -0.25) is 4.98 Å². The van der Waals surface area contributed by atoms with E-state index >= 15 is 0 Å². The van der Waals surface area contributed by atoms with Crippen LogP contribution in [0.5, 0.6) is 0 Å². The molecule has 7 heteroatoms. The molecule has 0 fully saturated rings. The standard InChI is InChI=1S/C20H18N4S3/c1-12(27-20-23-18(21)9-19(24-20)25-2)16-8-14-15(11-26-17(14)10-22-16)13-6-4-3-5-7-13/h3-12H,1-2H3,(H2,21,23,24). The lowest BCUT2D eigenvalue weighted by molar-refractivity contribution is 0.889. The van der Waals surface area contributed by atoms with E-state index < -0.39 is 0 Å². The van der Waals surface area contributed by atoms with E-state index in [9.17, 15) is 0 Å². The van der Waals surface area contributed by atoms with E-state index in [-0.39, 0.29) is 5.25 Å². The van der Waals surface area contributed by atoms with E-state index in [2.05, 4.69) is 57.6 Å². The lowest BCUT2D eigenvalue weighted by Crippen LogP contribution is -1.99. The average molecular weight is 411 g/mol. The van der Waals surface area contributed by atoms with Crippen LogP contribution in [-0.2, 0) is 0 Å². The molecular formula is C20H18N4S3. The summed E-state index contributed by atoms with van der Waals surface area (Å²) >= 11 is 4.87. The third-order valence-corrected chi connectivity index (χ3v) is 6.73. The molecule has 0 spiro atoms. The molecule has 1 atom stereocenters. The smallest absolute Gasteiger partial charge is 0.191 e. The minimum atomic E-state index is 0.120. The molecule has 4 aromatic rings. The van der Waals surface area contributed by atoms with Crippen LogP contribution in [0.1, 0.15) is 17.9 Å². The Labute approximate surface area is 170 Å². The van der Waals surface area contributed by atoms with Gasteiger partial charge in [-0.15, -0.1) is 23.1 Å². The molecule has 27 heavy (non-hydrogen) atoms. The van der Waals surface area contributed by atoms with Crippen LogP contribution in [-0.4, -0.2) is 21.2 Å². The molecular weight excluding hydrogens is 392 g/mol. The summed E-state index contributed by atoms with van der Waals surface area (Å²) in [5.41, 5.74) is 9.39. The summed E-state index contributed by atoms with van der Waals surface area (Å²) in [5, 5.41) is 5.12. The molecule has 0 amide bonds. The Morgan fingerprint density at radius 3 is 2.70 bits per heavy atom. The van der Waals surface area contributed by atoms with Crippen molar-refractivity contribution >= 4 is 50.8 Å². The first-order valence-electron chi connectivity index (χ1n) is 8.42. The Bertz CT molecular complexity index is 1080. The molecule has 0 radical (unpaired) electrons. The number of nitrogens with zero attached hydrogens (tertiary/aromatic N) is 3. The summed E-state index contributed by atoms with van der Waals surface area (Å²) in [6.07, 6.45) is 3.95. The van der Waals surface area contributed by atoms with Crippen LogP contribution in [0.25, 0.3) is 21.2 Å². The number of aromatic nitrogens is 3. The van der Waals surface area contributed by atoms with Crippen molar-refractivity contribution < 1.29 is 0 Å². The van der Waals surface area contributed by atoms with Gasteiger partial charge in [0, 0.05) is 23.2 Å². The number of hydrogen-bond acceptors (Lipinski definition) is 7. The Morgan fingerprint density at radius 1 is 1.11 bits per heavy atom. The molecule has 1 aromatic carbocycles. The second kappa shape index (κ2) is 7.88. The number of thiophene rings is 1. The Kier molecular flexibility index (Phi) is 5.33. The molecule has 0 aliphatic carbocycles. The van der Waals surface area contributed by atoms with E-state index in [1.807, 2.05) is 18.5 Å². The van der Waals surface area contributed by atoms with Crippen LogP contribution in [0, 0.1) is 0 Å². The normalized spacial score (nSPS) is 12.4. The molecule has 0 bridgehead atoms. The number of benzene rings is 1. The minimum absolute atomic E-state index is 0.120. The maximum atomic E-state index is 5.90. The first kappa shape index (κ1) is 18.3. The fraction of sp³-hybridized carbons (Fsp3) is 0.150. The maximum absolute atomic E-state index is 5.90. The third kappa shape index (κ3) is 3.95. The highest BCUT2D eigenvalue weighted by molar-refractivity contribution is 7.99. The van der Waals surface area contributed by atoms with Gasteiger partial charge in [-0.05, 0) is 30.2 Å². The average Bonchev–Trinajstić information content (AvgIpc) is 3.11. The summed E-state index contributed by atoms with van der Waals surface area (Å²) in [6, 6.07) is 14.4.